The maximum Gasteiger partial charge on any atom is 0.253 e. The number of carbonyl (C=O) groups excluding carboxylic acids is 1. The zero-order chi connectivity index (χ0) is 22.4. The maximum atomic E-state index is 12.9. The van der Waals surface area contributed by atoms with E-state index in [4.69, 9.17) is 4.74 Å². The van der Waals surface area contributed by atoms with Gasteiger partial charge in [-0.2, -0.15) is 4.31 Å². The summed E-state index contributed by atoms with van der Waals surface area (Å²) in [4.78, 5) is 17.3. The first kappa shape index (κ1) is 22.7. The molecular weight excluding hydrogens is 426 g/mol. The van der Waals surface area contributed by atoms with Crippen molar-refractivity contribution in [1.29, 1.82) is 0 Å². The highest BCUT2D eigenvalue weighted by Gasteiger charge is 2.27. The van der Waals surface area contributed by atoms with Crippen molar-refractivity contribution in [3.05, 3.63) is 71.8 Å². The molecule has 7 nitrogen and oxygen atoms in total. The predicted molar refractivity (Wildman–Crippen MR) is 124 cm³/mol. The first-order chi connectivity index (χ1) is 15.5. The van der Waals surface area contributed by atoms with E-state index in [9.17, 15) is 13.2 Å². The molecule has 0 aliphatic carbocycles. The molecule has 2 fully saturated rings. The third-order valence-electron chi connectivity index (χ3n) is 5.84. The molecule has 0 aromatic heterocycles. The highest BCUT2D eigenvalue weighted by atomic mass is 32.2. The Morgan fingerprint density at radius 3 is 2.19 bits per heavy atom. The molecule has 2 aliphatic heterocycles. The maximum absolute atomic E-state index is 12.9. The van der Waals surface area contributed by atoms with Crippen molar-refractivity contribution in [2.75, 3.05) is 59.0 Å². The molecule has 2 heterocycles. The second kappa shape index (κ2) is 10.4. The molecule has 2 aliphatic rings. The molecule has 1 amide bonds. The summed E-state index contributed by atoms with van der Waals surface area (Å²) in [5.41, 5.74) is 1.70. The molecule has 32 heavy (non-hydrogen) atoms. The van der Waals surface area contributed by atoms with Gasteiger partial charge in [0.25, 0.3) is 5.91 Å². The van der Waals surface area contributed by atoms with E-state index < -0.39 is 10.0 Å². The zero-order valence-corrected chi connectivity index (χ0v) is 18.9. The molecule has 0 saturated carbocycles. The van der Waals surface area contributed by atoms with E-state index in [0.29, 0.717) is 45.0 Å². The van der Waals surface area contributed by atoms with Crippen LogP contribution >= 0.6 is 0 Å². The lowest BCUT2D eigenvalue weighted by atomic mass is 10.2. The molecule has 2 aromatic rings. The van der Waals surface area contributed by atoms with Crippen molar-refractivity contribution in [2.45, 2.75) is 4.90 Å². The Kier molecular flexibility index (Phi) is 7.36. The van der Waals surface area contributed by atoms with Crippen molar-refractivity contribution in [3.63, 3.8) is 0 Å². The van der Waals surface area contributed by atoms with Gasteiger partial charge in [-0.15, -0.1) is 0 Å². The summed E-state index contributed by atoms with van der Waals surface area (Å²) >= 11 is 0. The van der Waals surface area contributed by atoms with E-state index >= 15 is 0 Å². The number of hydrogen-bond acceptors (Lipinski definition) is 5. The Morgan fingerprint density at radius 1 is 0.875 bits per heavy atom. The zero-order valence-electron chi connectivity index (χ0n) is 18.1. The largest absolute Gasteiger partial charge is 0.379 e. The molecule has 2 aromatic carbocycles. The predicted octanol–water partition coefficient (Wildman–Crippen LogP) is 2.18. The summed E-state index contributed by atoms with van der Waals surface area (Å²) in [5, 5.41) is 0. The van der Waals surface area contributed by atoms with Crippen LogP contribution in [0.5, 0.6) is 0 Å². The number of benzene rings is 2. The highest BCUT2D eigenvalue weighted by Crippen LogP contribution is 2.19. The van der Waals surface area contributed by atoms with E-state index in [-0.39, 0.29) is 10.8 Å². The molecule has 8 heteroatoms. The van der Waals surface area contributed by atoms with Crippen LogP contribution in [0, 0.1) is 0 Å². The molecule has 0 atom stereocenters. The van der Waals surface area contributed by atoms with Crippen LogP contribution in [-0.2, 0) is 14.8 Å². The number of ether oxygens (including phenoxy) is 1. The fraction of sp³-hybridized carbons (Fsp3) is 0.375. The van der Waals surface area contributed by atoms with Crippen LogP contribution in [0.2, 0.25) is 0 Å². The lowest BCUT2D eigenvalue weighted by Gasteiger charge is -2.34. The molecule has 170 valence electrons. The minimum atomic E-state index is -3.55. The van der Waals surface area contributed by atoms with Gasteiger partial charge in [-0.3, -0.25) is 9.69 Å². The number of hydrogen-bond donors (Lipinski definition) is 0. The van der Waals surface area contributed by atoms with Crippen LogP contribution in [-0.4, -0.2) is 87.5 Å². The van der Waals surface area contributed by atoms with Crippen LogP contribution in [0.25, 0.3) is 6.08 Å². The first-order valence-electron chi connectivity index (χ1n) is 11.0. The summed E-state index contributed by atoms with van der Waals surface area (Å²) in [6, 6.07) is 16.5. The summed E-state index contributed by atoms with van der Waals surface area (Å²) in [6.07, 6.45) is 4.27. The molecule has 2 saturated heterocycles. The van der Waals surface area contributed by atoms with Crippen LogP contribution in [0.1, 0.15) is 15.9 Å². The van der Waals surface area contributed by atoms with Crippen molar-refractivity contribution in [3.8, 4) is 0 Å². The van der Waals surface area contributed by atoms with E-state index in [2.05, 4.69) is 29.2 Å². The van der Waals surface area contributed by atoms with Crippen LogP contribution in [0.3, 0.4) is 0 Å². The first-order valence-corrected chi connectivity index (χ1v) is 12.4. The van der Waals surface area contributed by atoms with Gasteiger partial charge in [-0.05, 0) is 29.8 Å². The Hall–Kier alpha value is -2.52. The number of nitrogens with zero attached hydrogens (tertiary/aromatic N) is 3. The SMILES string of the molecule is O=C(c1ccc(S(=O)(=O)N2CCOCC2)cc1)N1CCN(C/C=C/c2ccccc2)CC1. The van der Waals surface area contributed by atoms with Gasteiger partial charge in [0, 0.05) is 51.4 Å². The van der Waals surface area contributed by atoms with Gasteiger partial charge in [0.15, 0.2) is 0 Å². The molecule has 0 bridgehead atoms. The smallest absolute Gasteiger partial charge is 0.253 e. The summed E-state index contributed by atoms with van der Waals surface area (Å²) in [5.74, 6) is -0.0557. The van der Waals surface area contributed by atoms with Crippen molar-refractivity contribution >= 4 is 22.0 Å². The lowest BCUT2D eigenvalue weighted by molar-refractivity contribution is 0.0650. The average molecular weight is 456 g/mol. The Morgan fingerprint density at radius 2 is 1.53 bits per heavy atom. The fourth-order valence-corrected chi connectivity index (χ4v) is 5.33. The normalized spacial score (nSPS) is 18.8. The lowest BCUT2D eigenvalue weighted by Crippen LogP contribution is -2.48. The molecule has 0 unspecified atom stereocenters. The molecular formula is C24H29N3O4S. The van der Waals surface area contributed by atoms with Crippen LogP contribution in [0.15, 0.2) is 65.6 Å². The molecule has 0 N–H and O–H groups in total. The van der Waals surface area contributed by atoms with Gasteiger partial charge in [-0.25, -0.2) is 8.42 Å². The molecule has 0 radical (unpaired) electrons. The topological polar surface area (TPSA) is 70.2 Å². The minimum Gasteiger partial charge on any atom is -0.379 e. The minimum absolute atomic E-state index is 0.0557. The second-order valence-corrected chi connectivity index (χ2v) is 9.88. The second-order valence-electron chi connectivity index (χ2n) is 7.95. The number of carbonyl (C=O) groups is 1. The third kappa shape index (κ3) is 5.45. The summed E-state index contributed by atoms with van der Waals surface area (Å²) in [7, 11) is -3.55. The number of morpholine rings is 1. The summed E-state index contributed by atoms with van der Waals surface area (Å²) in [6.45, 7) is 5.32. The van der Waals surface area contributed by atoms with Crippen LogP contribution < -0.4 is 0 Å². The van der Waals surface area contributed by atoms with Crippen molar-refractivity contribution in [2.24, 2.45) is 0 Å². The van der Waals surface area contributed by atoms with Gasteiger partial charge in [0.05, 0.1) is 18.1 Å². The van der Waals surface area contributed by atoms with Gasteiger partial charge in [0.2, 0.25) is 10.0 Å². The van der Waals surface area contributed by atoms with E-state index in [0.717, 1.165) is 19.6 Å². The Balaban J connectivity index is 1.30. The molecule has 4 rings (SSSR count). The van der Waals surface area contributed by atoms with Crippen LogP contribution in [0.4, 0.5) is 0 Å². The van der Waals surface area contributed by atoms with Gasteiger partial charge in [-0.1, -0.05) is 42.5 Å². The number of rotatable bonds is 6. The van der Waals surface area contributed by atoms with Gasteiger partial charge in [0.1, 0.15) is 0 Å². The fourth-order valence-electron chi connectivity index (χ4n) is 3.92. The quantitative estimate of drug-likeness (QED) is 0.668. The van der Waals surface area contributed by atoms with Gasteiger partial charge >= 0.3 is 0 Å². The van der Waals surface area contributed by atoms with E-state index in [1.54, 1.807) is 12.1 Å². The van der Waals surface area contributed by atoms with E-state index in [1.165, 1.54) is 22.0 Å². The average Bonchev–Trinajstić information content (AvgIpc) is 2.85. The number of sulfonamides is 1. The molecule has 0 spiro atoms. The Labute approximate surface area is 189 Å². The summed E-state index contributed by atoms with van der Waals surface area (Å²) < 4.78 is 32.2. The number of amides is 1. The third-order valence-corrected chi connectivity index (χ3v) is 7.75. The Bertz CT molecular complexity index is 1020. The number of piperazine rings is 1. The monoisotopic (exact) mass is 455 g/mol. The van der Waals surface area contributed by atoms with Crippen molar-refractivity contribution in [1.82, 2.24) is 14.1 Å². The standard InChI is InChI=1S/C24H29N3O4S/c28-24(22-8-10-23(11-9-22)32(29,30)27-17-19-31-20-18-27)26-15-13-25(14-16-26)12-4-7-21-5-2-1-3-6-21/h1-11H,12-20H2/b7-4+. The highest BCUT2D eigenvalue weighted by molar-refractivity contribution is 7.89. The van der Waals surface area contributed by atoms with E-state index in [1.807, 2.05) is 23.1 Å². The van der Waals surface area contributed by atoms with Gasteiger partial charge < -0.3 is 9.64 Å². The van der Waals surface area contributed by atoms with Crippen molar-refractivity contribution < 1.29 is 17.9 Å².